The number of morpholine rings is 1. The Balaban J connectivity index is 1.39. The normalized spacial score (nSPS) is 17.1. The molecular formula is C13H24N4O. The van der Waals surface area contributed by atoms with Gasteiger partial charge in [0.15, 0.2) is 0 Å². The maximum absolute atomic E-state index is 5.33. The van der Waals surface area contributed by atoms with E-state index in [2.05, 4.69) is 19.8 Å². The second-order valence-electron chi connectivity index (χ2n) is 4.71. The summed E-state index contributed by atoms with van der Waals surface area (Å²) in [7, 11) is 0. The van der Waals surface area contributed by atoms with Crippen molar-refractivity contribution in [3.63, 3.8) is 0 Å². The highest BCUT2D eigenvalue weighted by molar-refractivity contribution is 4.73. The van der Waals surface area contributed by atoms with E-state index in [1.807, 2.05) is 18.7 Å². The van der Waals surface area contributed by atoms with Gasteiger partial charge in [-0.2, -0.15) is 0 Å². The first-order chi connectivity index (χ1) is 8.95. The topological polar surface area (TPSA) is 42.3 Å². The molecule has 1 aromatic heterocycles. The summed E-state index contributed by atoms with van der Waals surface area (Å²) in [5.41, 5.74) is 0. The van der Waals surface area contributed by atoms with Crippen molar-refractivity contribution in [2.24, 2.45) is 0 Å². The lowest BCUT2D eigenvalue weighted by Crippen LogP contribution is -2.40. The van der Waals surface area contributed by atoms with E-state index < -0.39 is 0 Å². The summed E-state index contributed by atoms with van der Waals surface area (Å²) in [6, 6.07) is 0. The first-order valence-electron chi connectivity index (χ1n) is 6.92. The zero-order chi connectivity index (χ0) is 12.5. The molecule has 0 aromatic carbocycles. The van der Waals surface area contributed by atoms with E-state index in [9.17, 15) is 0 Å². The van der Waals surface area contributed by atoms with Crippen LogP contribution < -0.4 is 5.32 Å². The van der Waals surface area contributed by atoms with Crippen molar-refractivity contribution in [1.29, 1.82) is 0 Å². The van der Waals surface area contributed by atoms with Gasteiger partial charge in [-0.15, -0.1) is 0 Å². The number of imidazole rings is 1. The number of nitrogens with one attached hydrogen (secondary N) is 1. The van der Waals surface area contributed by atoms with Gasteiger partial charge in [-0.25, -0.2) is 4.98 Å². The van der Waals surface area contributed by atoms with Gasteiger partial charge in [-0.05, 0) is 19.4 Å². The molecular weight excluding hydrogens is 228 g/mol. The fourth-order valence-corrected chi connectivity index (χ4v) is 2.15. The van der Waals surface area contributed by atoms with Gasteiger partial charge in [-0.3, -0.25) is 4.90 Å². The molecule has 0 bridgehead atoms. The standard InChI is InChI=1S/C13H24N4O/c1(2-6-17-8-5-15-13-17)3-14-4-7-16-9-11-18-12-10-16/h5,8,13-14H,1-4,6-7,9-12H2. The smallest absolute Gasteiger partial charge is 0.0945 e. The van der Waals surface area contributed by atoms with E-state index in [0.717, 1.165) is 52.5 Å². The maximum atomic E-state index is 5.33. The van der Waals surface area contributed by atoms with Gasteiger partial charge in [0.1, 0.15) is 0 Å². The fraction of sp³-hybridized carbons (Fsp3) is 0.769. The zero-order valence-electron chi connectivity index (χ0n) is 11.1. The average Bonchev–Trinajstić information content (AvgIpc) is 2.92. The van der Waals surface area contributed by atoms with Crippen LogP contribution in [-0.2, 0) is 11.3 Å². The van der Waals surface area contributed by atoms with Crippen LogP contribution in [0, 0.1) is 0 Å². The molecule has 0 radical (unpaired) electrons. The van der Waals surface area contributed by atoms with Gasteiger partial charge in [0.05, 0.1) is 19.5 Å². The number of aryl methyl sites for hydroxylation is 1. The molecule has 0 amide bonds. The van der Waals surface area contributed by atoms with Gasteiger partial charge in [0, 0.05) is 45.1 Å². The summed E-state index contributed by atoms with van der Waals surface area (Å²) in [4.78, 5) is 6.49. The minimum Gasteiger partial charge on any atom is -0.379 e. The van der Waals surface area contributed by atoms with Crippen LogP contribution in [0.1, 0.15) is 12.8 Å². The summed E-state index contributed by atoms with van der Waals surface area (Å²) < 4.78 is 7.46. The Morgan fingerprint density at radius 3 is 2.78 bits per heavy atom. The molecule has 1 aromatic rings. The first-order valence-corrected chi connectivity index (χ1v) is 6.92. The van der Waals surface area contributed by atoms with E-state index in [4.69, 9.17) is 4.74 Å². The highest BCUT2D eigenvalue weighted by atomic mass is 16.5. The molecule has 1 aliphatic heterocycles. The minimum absolute atomic E-state index is 0.894. The highest BCUT2D eigenvalue weighted by Gasteiger charge is 2.08. The van der Waals surface area contributed by atoms with Crippen molar-refractivity contribution < 1.29 is 4.74 Å². The van der Waals surface area contributed by atoms with E-state index in [1.165, 1.54) is 12.8 Å². The van der Waals surface area contributed by atoms with E-state index in [0.29, 0.717) is 0 Å². The number of aromatic nitrogens is 2. The molecule has 5 heteroatoms. The Morgan fingerprint density at radius 2 is 2.00 bits per heavy atom. The van der Waals surface area contributed by atoms with Crippen molar-refractivity contribution in [1.82, 2.24) is 19.8 Å². The molecule has 1 fully saturated rings. The number of ether oxygens (including phenoxy) is 1. The predicted molar refractivity (Wildman–Crippen MR) is 71.6 cm³/mol. The molecule has 1 saturated heterocycles. The monoisotopic (exact) mass is 252 g/mol. The van der Waals surface area contributed by atoms with Crippen molar-refractivity contribution in [2.45, 2.75) is 19.4 Å². The summed E-state index contributed by atoms with van der Waals surface area (Å²) in [5, 5.41) is 3.51. The molecule has 18 heavy (non-hydrogen) atoms. The lowest BCUT2D eigenvalue weighted by atomic mass is 10.3. The van der Waals surface area contributed by atoms with Crippen LogP contribution >= 0.6 is 0 Å². The van der Waals surface area contributed by atoms with Crippen LogP contribution in [0.3, 0.4) is 0 Å². The molecule has 0 unspecified atom stereocenters. The van der Waals surface area contributed by atoms with Crippen LogP contribution in [0.15, 0.2) is 18.7 Å². The maximum Gasteiger partial charge on any atom is 0.0945 e. The van der Waals surface area contributed by atoms with Gasteiger partial charge >= 0.3 is 0 Å². The Kier molecular flexibility index (Phi) is 6.19. The second kappa shape index (κ2) is 8.24. The third kappa shape index (κ3) is 5.16. The van der Waals surface area contributed by atoms with Crippen molar-refractivity contribution >= 4 is 0 Å². The molecule has 0 saturated carbocycles. The Hall–Kier alpha value is -0.910. The molecule has 5 nitrogen and oxygen atoms in total. The third-order valence-corrected chi connectivity index (χ3v) is 3.29. The zero-order valence-corrected chi connectivity index (χ0v) is 11.1. The number of hydrogen-bond donors (Lipinski definition) is 1. The Labute approximate surface area is 109 Å². The van der Waals surface area contributed by atoms with Crippen LogP contribution in [0.2, 0.25) is 0 Å². The lowest BCUT2D eigenvalue weighted by molar-refractivity contribution is 0.0384. The van der Waals surface area contributed by atoms with E-state index in [-0.39, 0.29) is 0 Å². The van der Waals surface area contributed by atoms with Gasteiger partial charge in [0.25, 0.3) is 0 Å². The third-order valence-electron chi connectivity index (χ3n) is 3.29. The van der Waals surface area contributed by atoms with Crippen LogP contribution in [-0.4, -0.2) is 60.4 Å². The largest absolute Gasteiger partial charge is 0.379 e. The molecule has 0 atom stereocenters. The second-order valence-corrected chi connectivity index (χ2v) is 4.71. The number of unbranched alkanes of at least 4 members (excludes halogenated alkanes) is 1. The summed E-state index contributed by atoms with van der Waals surface area (Å²) in [5.74, 6) is 0. The number of hydrogen-bond acceptors (Lipinski definition) is 4. The lowest BCUT2D eigenvalue weighted by Gasteiger charge is -2.26. The van der Waals surface area contributed by atoms with Crippen molar-refractivity contribution in [2.75, 3.05) is 45.9 Å². The first kappa shape index (κ1) is 13.5. The fourth-order valence-electron chi connectivity index (χ4n) is 2.15. The minimum atomic E-state index is 0.894. The predicted octanol–water partition coefficient (Wildman–Crippen LogP) is 0.585. The van der Waals surface area contributed by atoms with Gasteiger partial charge in [-0.1, -0.05) is 0 Å². The number of rotatable bonds is 8. The quantitative estimate of drug-likeness (QED) is 0.688. The van der Waals surface area contributed by atoms with E-state index >= 15 is 0 Å². The molecule has 1 aliphatic rings. The Bertz CT molecular complexity index is 296. The van der Waals surface area contributed by atoms with Crippen molar-refractivity contribution in [3.05, 3.63) is 18.7 Å². The summed E-state index contributed by atoms with van der Waals surface area (Å²) in [6.45, 7) is 8.38. The molecule has 0 aliphatic carbocycles. The average molecular weight is 252 g/mol. The van der Waals surface area contributed by atoms with Crippen molar-refractivity contribution in [3.8, 4) is 0 Å². The highest BCUT2D eigenvalue weighted by Crippen LogP contribution is 1.96. The van der Waals surface area contributed by atoms with Gasteiger partial charge in [0.2, 0.25) is 0 Å². The molecule has 2 heterocycles. The van der Waals surface area contributed by atoms with Crippen LogP contribution in [0.5, 0.6) is 0 Å². The van der Waals surface area contributed by atoms with Crippen LogP contribution in [0.4, 0.5) is 0 Å². The molecule has 102 valence electrons. The number of nitrogens with zero attached hydrogens (tertiary/aromatic N) is 3. The van der Waals surface area contributed by atoms with E-state index in [1.54, 1.807) is 0 Å². The Morgan fingerprint density at radius 1 is 1.11 bits per heavy atom. The summed E-state index contributed by atoms with van der Waals surface area (Å²) >= 11 is 0. The summed E-state index contributed by atoms with van der Waals surface area (Å²) in [6.07, 6.45) is 8.17. The molecule has 0 spiro atoms. The SMILES string of the molecule is c1cn(CCCCNCCN2CCOCC2)cn1. The molecule has 2 rings (SSSR count). The molecule has 1 N–H and O–H groups in total. The van der Waals surface area contributed by atoms with Gasteiger partial charge < -0.3 is 14.6 Å². The van der Waals surface area contributed by atoms with Crippen LogP contribution in [0.25, 0.3) is 0 Å².